The maximum atomic E-state index is 13.7. The van der Waals surface area contributed by atoms with E-state index in [0.717, 1.165) is 38.9 Å². The summed E-state index contributed by atoms with van der Waals surface area (Å²) in [5, 5.41) is 0. The molecule has 27 heavy (non-hydrogen) atoms. The molecule has 0 bridgehead atoms. The predicted octanol–water partition coefficient (Wildman–Crippen LogP) is 3.51. The predicted molar refractivity (Wildman–Crippen MR) is 105 cm³/mol. The van der Waals surface area contributed by atoms with Crippen LogP contribution in [0.25, 0.3) is 0 Å². The zero-order chi connectivity index (χ0) is 19.1. The van der Waals surface area contributed by atoms with Gasteiger partial charge in [0.1, 0.15) is 12.4 Å². The molecule has 0 unspecified atom stereocenters. The van der Waals surface area contributed by atoms with Crippen molar-refractivity contribution in [2.75, 3.05) is 38.3 Å². The first-order valence-corrected chi connectivity index (χ1v) is 9.50. The average Bonchev–Trinajstić information content (AvgIpc) is 2.69. The largest absolute Gasteiger partial charge is 0.375 e. The molecule has 3 rings (SSSR count). The first-order chi connectivity index (χ1) is 13.2. The summed E-state index contributed by atoms with van der Waals surface area (Å²) in [6, 6.07) is 16.8. The van der Waals surface area contributed by atoms with E-state index in [1.165, 1.54) is 24.8 Å². The fourth-order valence-electron chi connectivity index (χ4n) is 3.71. The number of rotatable bonds is 7. The standard InChI is InChI=1S/C22H27FN2O2/c1-27-17-22(26)25(21-9-5-8-19(23)16-21)20-11-14-24(15-12-20)13-10-18-6-3-2-4-7-18/h2-9,16,20H,10-15,17H2,1H3. The van der Waals surface area contributed by atoms with Gasteiger partial charge in [0.2, 0.25) is 0 Å². The summed E-state index contributed by atoms with van der Waals surface area (Å²) < 4.78 is 18.7. The Morgan fingerprint density at radius 2 is 1.89 bits per heavy atom. The number of ether oxygens (including phenoxy) is 1. The molecule has 144 valence electrons. The third-order valence-corrected chi connectivity index (χ3v) is 5.10. The maximum absolute atomic E-state index is 13.7. The molecular weight excluding hydrogens is 343 g/mol. The van der Waals surface area contributed by atoms with Gasteiger partial charge in [-0.05, 0) is 43.0 Å². The third kappa shape index (κ3) is 5.37. The number of carbonyl (C=O) groups excluding carboxylic acids is 1. The van der Waals surface area contributed by atoms with E-state index < -0.39 is 0 Å². The minimum absolute atomic E-state index is 0.00470. The van der Waals surface area contributed by atoms with E-state index in [2.05, 4.69) is 29.2 Å². The van der Waals surface area contributed by atoms with Crippen LogP contribution in [-0.2, 0) is 16.0 Å². The molecule has 0 aromatic heterocycles. The average molecular weight is 370 g/mol. The number of piperidine rings is 1. The van der Waals surface area contributed by atoms with Crippen LogP contribution in [0.15, 0.2) is 54.6 Å². The van der Waals surface area contributed by atoms with Gasteiger partial charge >= 0.3 is 0 Å². The second kappa shape index (κ2) is 9.62. The molecule has 4 nitrogen and oxygen atoms in total. The normalized spacial score (nSPS) is 15.6. The number of benzene rings is 2. The second-order valence-electron chi connectivity index (χ2n) is 6.99. The summed E-state index contributed by atoms with van der Waals surface area (Å²) in [7, 11) is 1.51. The van der Waals surface area contributed by atoms with E-state index in [0.29, 0.717) is 5.69 Å². The fourth-order valence-corrected chi connectivity index (χ4v) is 3.71. The lowest BCUT2D eigenvalue weighted by Gasteiger charge is -2.38. The number of anilines is 1. The number of halogens is 1. The highest BCUT2D eigenvalue weighted by atomic mass is 19.1. The van der Waals surface area contributed by atoms with Crippen LogP contribution in [0.2, 0.25) is 0 Å². The van der Waals surface area contributed by atoms with Gasteiger partial charge in [-0.25, -0.2) is 4.39 Å². The van der Waals surface area contributed by atoms with Crippen LogP contribution in [0.4, 0.5) is 10.1 Å². The van der Waals surface area contributed by atoms with Crippen molar-refractivity contribution in [3.63, 3.8) is 0 Å². The molecule has 0 atom stereocenters. The highest BCUT2D eigenvalue weighted by molar-refractivity contribution is 5.94. The van der Waals surface area contributed by atoms with Gasteiger partial charge in [-0.1, -0.05) is 36.4 Å². The van der Waals surface area contributed by atoms with Gasteiger partial charge in [-0.3, -0.25) is 4.79 Å². The molecule has 1 amide bonds. The molecule has 0 saturated carbocycles. The molecule has 1 saturated heterocycles. The third-order valence-electron chi connectivity index (χ3n) is 5.10. The maximum Gasteiger partial charge on any atom is 0.253 e. The molecule has 2 aromatic rings. The Bertz CT molecular complexity index is 730. The molecular formula is C22H27FN2O2. The van der Waals surface area contributed by atoms with Crippen molar-refractivity contribution in [3.05, 3.63) is 66.0 Å². The van der Waals surface area contributed by atoms with E-state index in [1.807, 2.05) is 6.07 Å². The Morgan fingerprint density at radius 3 is 2.56 bits per heavy atom. The Hall–Kier alpha value is -2.24. The topological polar surface area (TPSA) is 32.8 Å². The summed E-state index contributed by atoms with van der Waals surface area (Å²) in [5.41, 5.74) is 1.95. The van der Waals surface area contributed by atoms with Crippen LogP contribution in [0.1, 0.15) is 18.4 Å². The fraction of sp³-hybridized carbons (Fsp3) is 0.409. The highest BCUT2D eigenvalue weighted by Gasteiger charge is 2.29. The monoisotopic (exact) mass is 370 g/mol. The van der Waals surface area contributed by atoms with Crippen molar-refractivity contribution in [3.8, 4) is 0 Å². The Kier molecular flexibility index (Phi) is 6.96. The van der Waals surface area contributed by atoms with Crippen molar-refractivity contribution in [2.24, 2.45) is 0 Å². The molecule has 0 N–H and O–H groups in total. The van der Waals surface area contributed by atoms with Crippen LogP contribution in [0.5, 0.6) is 0 Å². The summed E-state index contributed by atoms with van der Waals surface area (Å²) in [6.07, 6.45) is 2.78. The lowest BCUT2D eigenvalue weighted by molar-refractivity contribution is -0.122. The van der Waals surface area contributed by atoms with Crippen molar-refractivity contribution in [2.45, 2.75) is 25.3 Å². The zero-order valence-corrected chi connectivity index (χ0v) is 15.8. The first-order valence-electron chi connectivity index (χ1n) is 9.50. The summed E-state index contributed by atoms with van der Waals surface area (Å²) in [4.78, 5) is 16.8. The highest BCUT2D eigenvalue weighted by Crippen LogP contribution is 2.25. The number of nitrogens with zero attached hydrogens (tertiary/aromatic N) is 2. The number of hydrogen-bond acceptors (Lipinski definition) is 3. The van der Waals surface area contributed by atoms with Gasteiger partial charge in [-0.15, -0.1) is 0 Å². The molecule has 1 aliphatic heterocycles. The van der Waals surface area contributed by atoms with Crippen LogP contribution >= 0.6 is 0 Å². The van der Waals surface area contributed by atoms with Gasteiger partial charge in [0.25, 0.3) is 5.91 Å². The summed E-state index contributed by atoms with van der Waals surface area (Å²) >= 11 is 0. The summed E-state index contributed by atoms with van der Waals surface area (Å²) in [5.74, 6) is -0.450. The van der Waals surface area contributed by atoms with E-state index >= 15 is 0 Å². The number of hydrogen-bond donors (Lipinski definition) is 0. The molecule has 1 fully saturated rings. The Morgan fingerprint density at radius 1 is 1.15 bits per heavy atom. The van der Waals surface area contributed by atoms with Gasteiger partial charge in [-0.2, -0.15) is 0 Å². The van der Waals surface area contributed by atoms with E-state index in [1.54, 1.807) is 17.0 Å². The van der Waals surface area contributed by atoms with E-state index in [9.17, 15) is 9.18 Å². The molecule has 0 spiro atoms. The lowest BCUT2D eigenvalue weighted by Crippen LogP contribution is -2.49. The minimum atomic E-state index is -0.331. The quantitative estimate of drug-likeness (QED) is 0.748. The van der Waals surface area contributed by atoms with Gasteiger partial charge in [0, 0.05) is 38.5 Å². The number of likely N-dealkylation sites (tertiary alicyclic amines) is 1. The van der Waals surface area contributed by atoms with Crippen molar-refractivity contribution in [1.29, 1.82) is 0 Å². The molecule has 1 heterocycles. The van der Waals surface area contributed by atoms with Crippen LogP contribution < -0.4 is 4.90 Å². The Labute approximate surface area is 160 Å². The van der Waals surface area contributed by atoms with Crippen molar-refractivity contribution >= 4 is 11.6 Å². The Balaban J connectivity index is 1.61. The number of carbonyl (C=O) groups is 1. The number of methoxy groups -OCH3 is 1. The first kappa shape index (κ1) is 19.5. The molecule has 2 aromatic carbocycles. The van der Waals surface area contributed by atoms with Crippen LogP contribution in [0, 0.1) is 5.82 Å². The minimum Gasteiger partial charge on any atom is -0.375 e. The molecule has 1 aliphatic rings. The smallest absolute Gasteiger partial charge is 0.253 e. The van der Waals surface area contributed by atoms with Gasteiger partial charge in [0.05, 0.1) is 0 Å². The molecule has 0 aliphatic carbocycles. The van der Waals surface area contributed by atoms with E-state index in [-0.39, 0.29) is 24.4 Å². The zero-order valence-electron chi connectivity index (χ0n) is 15.8. The van der Waals surface area contributed by atoms with Crippen molar-refractivity contribution < 1.29 is 13.9 Å². The SMILES string of the molecule is COCC(=O)N(c1cccc(F)c1)C1CCN(CCc2ccccc2)CC1. The van der Waals surface area contributed by atoms with Gasteiger partial charge in [0.15, 0.2) is 0 Å². The number of amides is 1. The molecule has 5 heteroatoms. The molecule has 0 radical (unpaired) electrons. The summed E-state index contributed by atoms with van der Waals surface area (Å²) in [6.45, 7) is 2.89. The van der Waals surface area contributed by atoms with Crippen LogP contribution in [-0.4, -0.2) is 50.2 Å². The second-order valence-corrected chi connectivity index (χ2v) is 6.99. The van der Waals surface area contributed by atoms with Gasteiger partial charge < -0.3 is 14.5 Å². The van der Waals surface area contributed by atoms with Crippen molar-refractivity contribution in [1.82, 2.24) is 4.90 Å². The lowest BCUT2D eigenvalue weighted by atomic mass is 10.0. The van der Waals surface area contributed by atoms with Crippen LogP contribution in [0.3, 0.4) is 0 Å². The van der Waals surface area contributed by atoms with E-state index in [4.69, 9.17) is 4.74 Å².